The molecule has 9 atom stereocenters. The van der Waals surface area contributed by atoms with Gasteiger partial charge in [0.2, 0.25) is 0 Å². The zero-order chi connectivity index (χ0) is 15.2. The molecular formula is C15H22O6. The Morgan fingerprint density at radius 1 is 1.48 bits per heavy atom. The van der Waals surface area contributed by atoms with Crippen LogP contribution in [-0.4, -0.2) is 52.0 Å². The molecule has 4 rings (SSSR count). The van der Waals surface area contributed by atoms with Gasteiger partial charge in [0.25, 0.3) is 0 Å². The first-order valence-corrected chi connectivity index (χ1v) is 7.73. The molecule has 118 valence electrons. The maximum Gasteiger partial charge on any atom is 0.310 e. The second-order valence-electron chi connectivity index (χ2n) is 7.43. The zero-order valence-electron chi connectivity index (χ0n) is 12.2. The van der Waals surface area contributed by atoms with E-state index in [2.05, 4.69) is 0 Å². The summed E-state index contributed by atoms with van der Waals surface area (Å²) in [5.74, 6) is -0.825. The number of aliphatic hydroxyl groups is 3. The lowest BCUT2D eigenvalue weighted by Gasteiger charge is -2.48. The van der Waals surface area contributed by atoms with E-state index in [0.29, 0.717) is 12.8 Å². The molecule has 21 heavy (non-hydrogen) atoms. The minimum atomic E-state index is -1.31. The van der Waals surface area contributed by atoms with Gasteiger partial charge in [-0.3, -0.25) is 4.79 Å². The highest BCUT2D eigenvalue weighted by molar-refractivity contribution is 5.77. The van der Waals surface area contributed by atoms with Crippen molar-refractivity contribution in [2.75, 3.05) is 6.61 Å². The molecule has 0 aromatic heterocycles. The van der Waals surface area contributed by atoms with Gasteiger partial charge in [0.15, 0.2) is 6.29 Å². The van der Waals surface area contributed by atoms with Gasteiger partial charge in [0.05, 0.1) is 5.92 Å². The molecule has 0 amide bonds. The van der Waals surface area contributed by atoms with Crippen LogP contribution in [0.3, 0.4) is 0 Å². The van der Waals surface area contributed by atoms with Gasteiger partial charge >= 0.3 is 5.97 Å². The number of esters is 1. The van der Waals surface area contributed by atoms with Crippen molar-refractivity contribution < 1.29 is 29.6 Å². The number of carbonyl (C=O) groups is 1. The van der Waals surface area contributed by atoms with Crippen LogP contribution < -0.4 is 0 Å². The van der Waals surface area contributed by atoms with Crippen molar-refractivity contribution in [3.8, 4) is 0 Å². The lowest BCUT2D eigenvalue weighted by molar-refractivity contribution is -0.185. The largest absolute Gasteiger partial charge is 0.459 e. The molecule has 9 unspecified atom stereocenters. The zero-order valence-corrected chi connectivity index (χ0v) is 12.2. The third-order valence-electron chi connectivity index (χ3n) is 6.81. The second-order valence-corrected chi connectivity index (χ2v) is 7.43. The Balaban J connectivity index is 1.84. The Labute approximate surface area is 123 Å². The number of hydrogen-bond acceptors (Lipinski definition) is 6. The van der Waals surface area contributed by atoms with Crippen LogP contribution in [0.5, 0.6) is 0 Å². The van der Waals surface area contributed by atoms with Gasteiger partial charge in [-0.15, -0.1) is 0 Å². The molecule has 2 aliphatic carbocycles. The summed E-state index contributed by atoms with van der Waals surface area (Å²) in [7, 11) is 0. The lowest BCUT2D eigenvalue weighted by atomic mass is 9.54. The molecule has 6 heteroatoms. The van der Waals surface area contributed by atoms with Gasteiger partial charge < -0.3 is 24.8 Å². The molecule has 0 aromatic carbocycles. The van der Waals surface area contributed by atoms with E-state index in [-0.39, 0.29) is 36.2 Å². The van der Waals surface area contributed by atoms with Crippen molar-refractivity contribution in [3.63, 3.8) is 0 Å². The normalized spacial score (nSPS) is 59.0. The molecule has 0 radical (unpaired) electrons. The van der Waals surface area contributed by atoms with Crippen LogP contribution in [0, 0.1) is 29.1 Å². The van der Waals surface area contributed by atoms with E-state index in [9.17, 15) is 20.1 Å². The van der Waals surface area contributed by atoms with Crippen molar-refractivity contribution >= 4 is 5.97 Å². The Morgan fingerprint density at radius 3 is 2.86 bits per heavy atom. The summed E-state index contributed by atoms with van der Waals surface area (Å²) in [6, 6.07) is 0. The van der Waals surface area contributed by atoms with Crippen molar-refractivity contribution in [2.24, 2.45) is 29.1 Å². The van der Waals surface area contributed by atoms with Crippen LogP contribution in [0.4, 0.5) is 0 Å². The summed E-state index contributed by atoms with van der Waals surface area (Å²) >= 11 is 0. The van der Waals surface area contributed by atoms with Crippen LogP contribution in [0.25, 0.3) is 0 Å². The van der Waals surface area contributed by atoms with E-state index in [4.69, 9.17) is 9.47 Å². The van der Waals surface area contributed by atoms with Crippen molar-refractivity contribution in [2.45, 2.75) is 50.8 Å². The van der Waals surface area contributed by atoms with E-state index >= 15 is 0 Å². The Kier molecular flexibility index (Phi) is 2.64. The Morgan fingerprint density at radius 2 is 2.19 bits per heavy atom. The second kappa shape index (κ2) is 3.98. The van der Waals surface area contributed by atoms with E-state index in [1.54, 1.807) is 0 Å². The van der Waals surface area contributed by atoms with Crippen LogP contribution in [-0.2, 0) is 14.3 Å². The van der Waals surface area contributed by atoms with Crippen LogP contribution in [0.1, 0.15) is 26.7 Å². The molecule has 4 aliphatic rings. The molecule has 2 aliphatic heterocycles. The average Bonchev–Trinajstić information content (AvgIpc) is 2.96. The summed E-state index contributed by atoms with van der Waals surface area (Å²) in [4.78, 5) is 12.3. The number of carbonyl (C=O) groups excluding carboxylic acids is 1. The minimum Gasteiger partial charge on any atom is -0.459 e. The monoisotopic (exact) mass is 298 g/mol. The third kappa shape index (κ3) is 1.32. The molecule has 0 aromatic rings. The predicted octanol–water partition coefficient (Wildman–Crippen LogP) is -0.349. The molecule has 4 fully saturated rings. The SMILES string of the molecule is CC(CO)C1C2OC(=O)C1C1CCC3(O)C(O)OC2C13C. The van der Waals surface area contributed by atoms with Gasteiger partial charge in [-0.2, -0.15) is 0 Å². The molecule has 2 saturated carbocycles. The fourth-order valence-electron chi connectivity index (χ4n) is 5.63. The molecule has 2 bridgehead atoms. The molecule has 6 nitrogen and oxygen atoms in total. The molecule has 2 saturated heterocycles. The summed E-state index contributed by atoms with van der Waals surface area (Å²) in [6.45, 7) is 3.80. The third-order valence-corrected chi connectivity index (χ3v) is 6.81. The number of hydrogen-bond donors (Lipinski definition) is 3. The summed E-state index contributed by atoms with van der Waals surface area (Å²) < 4.78 is 11.2. The maximum atomic E-state index is 12.3. The predicted molar refractivity (Wildman–Crippen MR) is 69.8 cm³/mol. The highest BCUT2D eigenvalue weighted by Gasteiger charge is 2.79. The van der Waals surface area contributed by atoms with Crippen molar-refractivity contribution in [1.29, 1.82) is 0 Å². The van der Waals surface area contributed by atoms with Gasteiger partial charge in [0.1, 0.15) is 17.8 Å². The summed E-state index contributed by atoms with van der Waals surface area (Å²) in [5, 5.41) is 30.6. The molecule has 2 heterocycles. The fourth-order valence-corrected chi connectivity index (χ4v) is 5.63. The number of fused-ring (bicyclic) bond motifs is 4. The van der Waals surface area contributed by atoms with Crippen molar-refractivity contribution in [3.05, 3.63) is 0 Å². The standard InChI is InChI=1S/C15H22O6/c1-6(5-16)8-9-7-3-4-15(19)13(18)21-11(14(7,15)2)10(8)20-12(9)17/h6-11,13,16,18-19H,3-5H2,1-2H3. The van der Waals surface area contributed by atoms with Crippen LogP contribution >= 0.6 is 0 Å². The highest BCUT2D eigenvalue weighted by atomic mass is 16.7. The Bertz CT molecular complexity index is 495. The molecular weight excluding hydrogens is 276 g/mol. The van der Waals surface area contributed by atoms with Gasteiger partial charge in [-0.25, -0.2) is 0 Å². The number of rotatable bonds is 2. The first kappa shape index (κ1) is 13.9. The number of aliphatic hydroxyl groups excluding tert-OH is 2. The lowest BCUT2D eigenvalue weighted by Crippen LogP contribution is -2.59. The minimum absolute atomic E-state index is 0.0166. The van der Waals surface area contributed by atoms with Gasteiger partial charge in [-0.1, -0.05) is 13.8 Å². The van der Waals surface area contributed by atoms with Crippen LogP contribution in [0.2, 0.25) is 0 Å². The average molecular weight is 298 g/mol. The fraction of sp³-hybridized carbons (Fsp3) is 0.933. The number of ether oxygens (including phenoxy) is 2. The van der Waals surface area contributed by atoms with Crippen molar-refractivity contribution in [1.82, 2.24) is 0 Å². The van der Waals surface area contributed by atoms with E-state index in [0.717, 1.165) is 0 Å². The quantitative estimate of drug-likeness (QED) is 0.603. The smallest absolute Gasteiger partial charge is 0.310 e. The molecule has 3 N–H and O–H groups in total. The van der Waals surface area contributed by atoms with Gasteiger partial charge in [-0.05, 0) is 24.7 Å². The first-order chi connectivity index (χ1) is 9.86. The summed E-state index contributed by atoms with van der Waals surface area (Å²) in [6.07, 6.45) is -1.13. The van der Waals surface area contributed by atoms with E-state index < -0.39 is 29.5 Å². The first-order valence-electron chi connectivity index (χ1n) is 7.73. The summed E-state index contributed by atoms with van der Waals surface area (Å²) in [5.41, 5.74) is -1.97. The van der Waals surface area contributed by atoms with E-state index in [1.807, 2.05) is 13.8 Å². The van der Waals surface area contributed by atoms with Crippen LogP contribution in [0.15, 0.2) is 0 Å². The maximum absolute atomic E-state index is 12.3. The highest BCUT2D eigenvalue weighted by Crippen LogP contribution is 2.68. The topological polar surface area (TPSA) is 96.2 Å². The van der Waals surface area contributed by atoms with E-state index in [1.165, 1.54) is 0 Å². The Hall–Kier alpha value is -0.690. The molecule has 0 spiro atoms. The van der Waals surface area contributed by atoms with Gasteiger partial charge in [0, 0.05) is 17.9 Å².